The van der Waals surface area contributed by atoms with Crippen molar-refractivity contribution in [1.29, 1.82) is 0 Å². The number of halogens is 5. The van der Waals surface area contributed by atoms with E-state index < -0.39 is 41.5 Å². The number of nitrogens with zero attached hydrogens (tertiary/aromatic N) is 1. The summed E-state index contributed by atoms with van der Waals surface area (Å²) in [5, 5.41) is 18.7. The molecule has 0 saturated heterocycles. The molecule has 0 bridgehead atoms. The van der Waals surface area contributed by atoms with E-state index in [1.807, 2.05) is 0 Å². The molecule has 1 aliphatic carbocycles. The van der Waals surface area contributed by atoms with Crippen LogP contribution in [0.3, 0.4) is 0 Å². The van der Waals surface area contributed by atoms with E-state index in [4.69, 9.17) is 11.6 Å². The molecule has 3 aromatic carbocycles. The Kier molecular flexibility index (Phi) is 8.96. The van der Waals surface area contributed by atoms with Crippen molar-refractivity contribution in [3.8, 4) is 17.0 Å². The molecule has 1 aliphatic heterocycles. The van der Waals surface area contributed by atoms with Crippen LogP contribution in [0.15, 0.2) is 85.1 Å². The minimum atomic E-state index is -3.56. The van der Waals surface area contributed by atoms with Crippen molar-refractivity contribution >= 4 is 34.8 Å². The number of fused-ring (bicyclic) bond motifs is 1. The van der Waals surface area contributed by atoms with Crippen LogP contribution in [0.2, 0.25) is 5.02 Å². The Hall–Kier alpha value is -5.36. The molecule has 262 valence electrons. The lowest BCUT2D eigenvalue weighted by molar-refractivity contribution is -0.0245. The van der Waals surface area contributed by atoms with Crippen LogP contribution in [0.1, 0.15) is 69.3 Å². The molecule has 7 rings (SSSR count). The van der Waals surface area contributed by atoms with Gasteiger partial charge < -0.3 is 26.0 Å². The lowest BCUT2D eigenvalue weighted by Crippen LogP contribution is -2.57. The Balaban J connectivity index is 1.22. The Morgan fingerprint density at radius 2 is 1.80 bits per heavy atom. The fourth-order valence-electron chi connectivity index (χ4n) is 6.82. The number of phenols is 1. The number of aromatic nitrogens is 2. The molecule has 1 unspecified atom stereocenters. The fraction of sp³-hybridized carbons (Fsp3) is 0.237. The molecule has 1 saturated carbocycles. The van der Waals surface area contributed by atoms with Crippen LogP contribution >= 0.6 is 11.6 Å². The molecule has 51 heavy (non-hydrogen) atoms. The topological polar surface area (TPSA) is 119 Å². The lowest BCUT2D eigenvalue weighted by atomic mass is 9.71. The van der Waals surface area contributed by atoms with Crippen LogP contribution in [0.4, 0.5) is 28.9 Å². The van der Waals surface area contributed by atoms with Crippen LogP contribution in [0.25, 0.3) is 11.3 Å². The summed E-state index contributed by atoms with van der Waals surface area (Å²) in [7, 11) is 0. The van der Waals surface area contributed by atoms with Gasteiger partial charge in [0.05, 0.1) is 33.2 Å². The van der Waals surface area contributed by atoms with E-state index in [9.17, 15) is 23.5 Å². The number of aromatic amines is 1. The normalized spacial score (nSPS) is 15.4. The number of phenolic OH excluding ortho intramolecular Hbond substituents is 1. The Bertz CT molecular complexity index is 2130. The zero-order valence-electron chi connectivity index (χ0n) is 27.0. The highest BCUT2D eigenvalue weighted by molar-refractivity contribution is 6.33. The summed E-state index contributed by atoms with van der Waals surface area (Å²) < 4.78 is 60.9. The zero-order chi connectivity index (χ0) is 35.9. The molecule has 1 spiro atoms. The lowest BCUT2D eigenvalue weighted by Gasteiger charge is -2.45. The first-order valence-corrected chi connectivity index (χ1v) is 16.8. The van der Waals surface area contributed by atoms with Gasteiger partial charge in [-0.2, -0.15) is 8.78 Å². The number of carbonyl (C=O) groups is 2. The first-order valence-electron chi connectivity index (χ1n) is 16.4. The standard InChI is InChI=1S/C38H32ClF4N5O3/c39-32-26(41)6-3-7-27(32)46-34-31-28(19-37(14-4-15-37)48-36(31)51)47-33(34)22-13-16-44-30(17-22)38(42,43)18-23(21-9-11-24(40)12-10-21)20-45-35(50)25-5-1-2-8-29(25)49/h1-3,5-13,16-17,23,46-47,49H,4,14-15,18-20H2,(H,45,50)(H,48,51). The predicted octanol–water partition coefficient (Wildman–Crippen LogP) is 8.36. The quantitative estimate of drug-likeness (QED) is 0.0931. The second-order valence-electron chi connectivity index (χ2n) is 13.0. The van der Waals surface area contributed by atoms with Gasteiger partial charge in [0.25, 0.3) is 17.7 Å². The highest BCUT2D eigenvalue weighted by atomic mass is 35.5. The number of nitrogens with one attached hydrogen (secondary N) is 4. The molecule has 13 heteroatoms. The van der Waals surface area contributed by atoms with Crippen LogP contribution in [0.5, 0.6) is 5.75 Å². The molecule has 0 radical (unpaired) electrons. The summed E-state index contributed by atoms with van der Waals surface area (Å²) in [4.78, 5) is 33.7. The van der Waals surface area contributed by atoms with Crippen molar-refractivity contribution in [2.75, 3.05) is 11.9 Å². The second-order valence-corrected chi connectivity index (χ2v) is 13.4. The van der Waals surface area contributed by atoms with E-state index in [1.54, 1.807) is 18.2 Å². The van der Waals surface area contributed by atoms with Gasteiger partial charge in [0.1, 0.15) is 23.1 Å². The molecule has 5 aromatic rings. The van der Waals surface area contributed by atoms with Gasteiger partial charge in [0.15, 0.2) is 0 Å². The Morgan fingerprint density at radius 3 is 2.53 bits per heavy atom. The van der Waals surface area contributed by atoms with Crippen molar-refractivity contribution in [2.24, 2.45) is 0 Å². The molecule has 2 aromatic heterocycles. The fourth-order valence-corrected chi connectivity index (χ4v) is 7.00. The van der Waals surface area contributed by atoms with Gasteiger partial charge in [-0.15, -0.1) is 0 Å². The average molecular weight is 718 g/mol. The molecule has 5 N–H and O–H groups in total. The number of anilines is 2. The molecule has 1 atom stereocenters. The van der Waals surface area contributed by atoms with Crippen molar-refractivity contribution in [3.05, 3.63) is 130 Å². The van der Waals surface area contributed by atoms with E-state index in [2.05, 4.69) is 25.9 Å². The van der Waals surface area contributed by atoms with Gasteiger partial charge in [-0.1, -0.05) is 41.9 Å². The summed E-state index contributed by atoms with van der Waals surface area (Å²) in [6.45, 7) is -0.253. The monoisotopic (exact) mass is 717 g/mol. The molecule has 8 nitrogen and oxygen atoms in total. The third kappa shape index (κ3) is 6.75. The molecular formula is C38H32ClF4N5O3. The van der Waals surface area contributed by atoms with Gasteiger partial charge in [0.2, 0.25) is 0 Å². The number of aromatic hydroxyl groups is 1. The van der Waals surface area contributed by atoms with Gasteiger partial charge in [-0.3, -0.25) is 14.6 Å². The minimum Gasteiger partial charge on any atom is -0.507 e. The highest BCUT2D eigenvalue weighted by Crippen LogP contribution is 2.45. The van der Waals surface area contributed by atoms with Gasteiger partial charge in [-0.25, -0.2) is 8.78 Å². The first-order chi connectivity index (χ1) is 24.4. The summed E-state index contributed by atoms with van der Waals surface area (Å²) >= 11 is 6.27. The van der Waals surface area contributed by atoms with Crippen LogP contribution in [-0.2, 0) is 12.3 Å². The average Bonchev–Trinajstić information content (AvgIpc) is 3.46. The van der Waals surface area contributed by atoms with Crippen molar-refractivity contribution < 1.29 is 32.3 Å². The Morgan fingerprint density at radius 1 is 1.04 bits per heavy atom. The van der Waals surface area contributed by atoms with Gasteiger partial charge in [-0.05, 0) is 73.4 Å². The molecule has 2 amide bonds. The van der Waals surface area contributed by atoms with Gasteiger partial charge >= 0.3 is 0 Å². The van der Waals surface area contributed by atoms with Crippen molar-refractivity contribution in [1.82, 2.24) is 20.6 Å². The van der Waals surface area contributed by atoms with E-state index >= 15 is 8.78 Å². The maximum absolute atomic E-state index is 16.3. The minimum absolute atomic E-state index is 0.0222. The zero-order valence-corrected chi connectivity index (χ0v) is 27.8. The number of rotatable bonds is 10. The van der Waals surface area contributed by atoms with E-state index in [0.717, 1.165) is 31.4 Å². The maximum atomic E-state index is 16.3. The number of hydrogen-bond acceptors (Lipinski definition) is 5. The van der Waals surface area contributed by atoms with Gasteiger partial charge in [0, 0.05) is 48.3 Å². The molecule has 1 fully saturated rings. The number of amides is 2. The summed E-state index contributed by atoms with van der Waals surface area (Å²) in [6, 6.07) is 17.9. The molecular weight excluding hydrogens is 686 g/mol. The van der Waals surface area contributed by atoms with Crippen molar-refractivity contribution in [3.63, 3.8) is 0 Å². The van der Waals surface area contributed by atoms with E-state index in [1.165, 1.54) is 54.7 Å². The summed E-state index contributed by atoms with van der Waals surface area (Å²) in [6.07, 6.45) is 3.49. The maximum Gasteiger partial charge on any atom is 0.290 e. The largest absolute Gasteiger partial charge is 0.507 e. The number of benzene rings is 3. The molecule has 2 aliphatic rings. The Labute approximate surface area is 295 Å². The predicted molar refractivity (Wildman–Crippen MR) is 185 cm³/mol. The number of alkyl halides is 2. The SMILES string of the molecule is O=C(NCC(CC(F)(F)c1cc(-c2[nH]c3c(c2Nc2cccc(F)c2Cl)C(=O)NC2(CCC2)C3)ccn1)c1ccc(F)cc1)c1ccccc1O. The first kappa shape index (κ1) is 34.1. The number of para-hydroxylation sites is 1. The van der Waals surface area contributed by atoms with Crippen LogP contribution < -0.4 is 16.0 Å². The summed E-state index contributed by atoms with van der Waals surface area (Å²) in [5.74, 6) is -7.05. The smallest absolute Gasteiger partial charge is 0.290 e. The van der Waals surface area contributed by atoms with E-state index in [0.29, 0.717) is 23.4 Å². The third-order valence-electron chi connectivity index (χ3n) is 9.65. The van der Waals surface area contributed by atoms with Crippen LogP contribution in [0, 0.1) is 11.6 Å². The number of H-pyrrole nitrogens is 1. The third-order valence-corrected chi connectivity index (χ3v) is 10.0. The number of carbonyl (C=O) groups excluding carboxylic acids is 2. The molecule has 3 heterocycles. The van der Waals surface area contributed by atoms with E-state index in [-0.39, 0.29) is 56.8 Å². The highest BCUT2D eigenvalue weighted by Gasteiger charge is 2.45. The second kappa shape index (κ2) is 13.4. The van der Waals surface area contributed by atoms with Crippen molar-refractivity contribution in [2.45, 2.75) is 49.5 Å². The van der Waals surface area contributed by atoms with Crippen LogP contribution in [-0.4, -0.2) is 39.0 Å². The summed E-state index contributed by atoms with van der Waals surface area (Å²) in [5.41, 5.74) is 1.30. The number of hydrogen-bond donors (Lipinski definition) is 5. The number of pyridine rings is 1.